The third-order valence-corrected chi connectivity index (χ3v) is 4.91. The number of aryl methyl sites for hydroxylation is 1. The average molecular weight is 417 g/mol. The van der Waals surface area contributed by atoms with Crippen LogP contribution in [0.5, 0.6) is 0 Å². The Morgan fingerprint density at radius 1 is 1.14 bits per heavy atom. The van der Waals surface area contributed by atoms with E-state index in [9.17, 15) is 4.79 Å². The maximum Gasteiger partial charge on any atom is 0.223 e. The number of rotatable bonds is 8. The van der Waals surface area contributed by atoms with E-state index in [1.54, 1.807) is 24.4 Å². The van der Waals surface area contributed by atoms with Gasteiger partial charge in [0.25, 0.3) is 0 Å². The zero-order valence-corrected chi connectivity index (χ0v) is 17.2. The molecule has 146 valence electrons. The van der Waals surface area contributed by atoms with Gasteiger partial charge in [0, 0.05) is 36.5 Å². The lowest BCUT2D eigenvalue weighted by atomic mass is 10.2. The molecule has 0 N–H and O–H groups in total. The van der Waals surface area contributed by atoms with Crippen LogP contribution in [0, 0.1) is 0 Å². The summed E-state index contributed by atoms with van der Waals surface area (Å²) in [7, 11) is 0. The number of benzene rings is 2. The first-order chi connectivity index (χ1) is 13.6. The molecule has 1 aromatic heterocycles. The number of aromatic nitrogens is 1. The fraction of sp³-hybridized carbons (Fsp3) is 0.273. The van der Waals surface area contributed by atoms with Gasteiger partial charge in [0.15, 0.2) is 11.7 Å². The van der Waals surface area contributed by atoms with Gasteiger partial charge in [0.2, 0.25) is 5.91 Å². The van der Waals surface area contributed by atoms with Crippen LogP contribution in [0.3, 0.4) is 0 Å². The van der Waals surface area contributed by atoms with Crippen molar-refractivity contribution in [3.63, 3.8) is 0 Å². The van der Waals surface area contributed by atoms with Gasteiger partial charge in [0.05, 0.1) is 11.2 Å². The molecule has 3 rings (SSSR count). The van der Waals surface area contributed by atoms with Crippen molar-refractivity contribution in [3.8, 4) is 11.3 Å². The van der Waals surface area contributed by atoms with Crippen LogP contribution in [0.15, 0.2) is 59.1 Å². The van der Waals surface area contributed by atoms with E-state index >= 15 is 0 Å². The number of carbonyl (C=O) groups is 1. The summed E-state index contributed by atoms with van der Waals surface area (Å²) in [5, 5.41) is 1.07. The van der Waals surface area contributed by atoms with Crippen LogP contribution < -0.4 is 0 Å². The third-order valence-electron chi connectivity index (χ3n) is 4.37. The van der Waals surface area contributed by atoms with Crippen molar-refractivity contribution in [1.29, 1.82) is 0 Å². The summed E-state index contributed by atoms with van der Waals surface area (Å²) >= 11 is 12.2. The lowest BCUT2D eigenvalue weighted by molar-refractivity contribution is -0.131. The molecule has 0 atom stereocenters. The highest BCUT2D eigenvalue weighted by atomic mass is 35.5. The van der Waals surface area contributed by atoms with Gasteiger partial charge in [-0.25, -0.2) is 4.98 Å². The summed E-state index contributed by atoms with van der Waals surface area (Å²) in [5.41, 5.74) is 1.85. The molecule has 0 radical (unpaired) electrons. The second kappa shape index (κ2) is 9.76. The molecule has 3 aromatic rings. The summed E-state index contributed by atoms with van der Waals surface area (Å²) in [6.45, 7) is 3.41. The van der Waals surface area contributed by atoms with E-state index in [4.69, 9.17) is 27.6 Å². The normalized spacial score (nSPS) is 10.8. The molecule has 0 bridgehead atoms. The minimum atomic E-state index is 0.0926. The van der Waals surface area contributed by atoms with Crippen molar-refractivity contribution in [2.24, 2.45) is 0 Å². The third kappa shape index (κ3) is 5.37. The molecule has 0 saturated heterocycles. The predicted molar refractivity (Wildman–Crippen MR) is 112 cm³/mol. The predicted octanol–water partition coefficient (Wildman–Crippen LogP) is 6.02. The Hall–Kier alpha value is -2.30. The Kier molecular flexibility index (Phi) is 7.12. The highest BCUT2D eigenvalue weighted by Crippen LogP contribution is 2.30. The number of amides is 1. The van der Waals surface area contributed by atoms with Crippen LogP contribution in [-0.2, 0) is 17.8 Å². The van der Waals surface area contributed by atoms with Crippen LogP contribution in [0.1, 0.15) is 31.2 Å². The summed E-state index contributed by atoms with van der Waals surface area (Å²) in [6.07, 6.45) is 3.33. The average Bonchev–Trinajstić information content (AvgIpc) is 3.15. The second-order valence-electron chi connectivity index (χ2n) is 6.54. The number of carbonyl (C=O) groups excluding carboxylic acids is 1. The molecule has 0 aliphatic rings. The lowest BCUT2D eigenvalue weighted by Gasteiger charge is -2.22. The largest absolute Gasteiger partial charge is 0.441 e. The fourth-order valence-electron chi connectivity index (χ4n) is 2.98. The molecule has 0 saturated carbocycles. The van der Waals surface area contributed by atoms with Crippen molar-refractivity contribution < 1.29 is 9.21 Å². The van der Waals surface area contributed by atoms with Gasteiger partial charge < -0.3 is 9.32 Å². The molecule has 0 aliphatic carbocycles. The maximum absolute atomic E-state index is 12.7. The van der Waals surface area contributed by atoms with Crippen LogP contribution in [-0.4, -0.2) is 22.3 Å². The minimum Gasteiger partial charge on any atom is -0.441 e. The molecule has 0 unspecified atom stereocenters. The zero-order valence-electron chi connectivity index (χ0n) is 15.7. The van der Waals surface area contributed by atoms with E-state index in [1.807, 2.05) is 35.2 Å². The van der Waals surface area contributed by atoms with Crippen LogP contribution >= 0.6 is 23.2 Å². The fourth-order valence-corrected chi connectivity index (χ4v) is 3.48. The van der Waals surface area contributed by atoms with Crippen molar-refractivity contribution in [1.82, 2.24) is 9.88 Å². The smallest absolute Gasteiger partial charge is 0.223 e. The molecule has 0 aliphatic heterocycles. The van der Waals surface area contributed by atoms with Crippen molar-refractivity contribution >= 4 is 29.1 Å². The number of halogens is 2. The van der Waals surface area contributed by atoms with E-state index in [-0.39, 0.29) is 5.91 Å². The Labute approximate surface area is 175 Å². The Morgan fingerprint density at radius 3 is 2.64 bits per heavy atom. The van der Waals surface area contributed by atoms with Gasteiger partial charge in [-0.05, 0) is 30.2 Å². The molecule has 1 amide bonds. The van der Waals surface area contributed by atoms with E-state index < -0.39 is 0 Å². The number of oxazole rings is 1. The summed E-state index contributed by atoms with van der Waals surface area (Å²) in [6, 6.07) is 15.2. The van der Waals surface area contributed by atoms with Gasteiger partial charge in [-0.2, -0.15) is 0 Å². The molecule has 0 spiro atoms. The summed E-state index contributed by atoms with van der Waals surface area (Å²) in [4.78, 5) is 18.9. The van der Waals surface area contributed by atoms with Gasteiger partial charge >= 0.3 is 0 Å². The maximum atomic E-state index is 12.7. The molecule has 6 heteroatoms. The van der Waals surface area contributed by atoms with E-state index in [0.29, 0.717) is 41.1 Å². The van der Waals surface area contributed by atoms with Crippen LogP contribution in [0.2, 0.25) is 10.0 Å². The monoisotopic (exact) mass is 416 g/mol. The molecule has 0 fully saturated rings. The first-order valence-electron chi connectivity index (χ1n) is 9.28. The van der Waals surface area contributed by atoms with Crippen molar-refractivity contribution in [2.45, 2.75) is 32.7 Å². The van der Waals surface area contributed by atoms with Crippen molar-refractivity contribution in [3.05, 3.63) is 76.2 Å². The Balaban J connectivity index is 1.62. The summed E-state index contributed by atoms with van der Waals surface area (Å²) in [5.74, 6) is 1.18. The SMILES string of the molecule is CCCN(Cc1ccccc1)C(=O)CCc1ncc(-c2ccc(Cl)cc2Cl)o1. The Morgan fingerprint density at radius 2 is 1.93 bits per heavy atom. The second-order valence-corrected chi connectivity index (χ2v) is 7.39. The molecular formula is C22H22Cl2N2O2. The quantitative estimate of drug-likeness (QED) is 0.450. The molecule has 28 heavy (non-hydrogen) atoms. The van der Waals surface area contributed by atoms with Gasteiger partial charge in [0.1, 0.15) is 0 Å². The summed E-state index contributed by atoms with van der Waals surface area (Å²) < 4.78 is 5.79. The van der Waals surface area contributed by atoms with Gasteiger partial charge in [-0.1, -0.05) is 60.5 Å². The number of hydrogen-bond donors (Lipinski definition) is 0. The highest BCUT2D eigenvalue weighted by Gasteiger charge is 2.16. The standard InChI is InChI=1S/C22H22Cl2N2O2/c1-2-12-26(15-16-6-4-3-5-7-16)22(27)11-10-21-25-14-20(28-21)18-9-8-17(23)13-19(18)24/h3-9,13-14H,2,10-12,15H2,1H3. The molecule has 1 heterocycles. The molecule has 4 nitrogen and oxygen atoms in total. The first-order valence-corrected chi connectivity index (χ1v) is 10.0. The number of hydrogen-bond acceptors (Lipinski definition) is 3. The van der Waals surface area contributed by atoms with E-state index in [2.05, 4.69) is 11.9 Å². The van der Waals surface area contributed by atoms with Crippen LogP contribution in [0.25, 0.3) is 11.3 Å². The minimum absolute atomic E-state index is 0.0926. The number of nitrogens with zero attached hydrogens (tertiary/aromatic N) is 2. The zero-order chi connectivity index (χ0) is 19.9. The van der Waals surface area contributed by atoms with Gasteiger partial charge in [-0.15, -0.1) is 0 Å². The van der Waals surface area contributed by atoms with Crippen LogP contribution in [0.4, 0.5) is 0 Å². The Bertz CT molecular complexity index is 925. The lowest BCUT2D eigenvalue weighted by Crippen LogP contribution is -2.31. The van der Waals surface area contributed by atoms with Gasteiger partial charge in [-0.3, -0.25) is 4.79 Å². The topological polar surface area (TPSA) is 46.3 Å². The molecular weight excluding hydrogens is 395 g/mol. The van der Waals surface area contributed by atoms with E-state index in [1.165, 1.54) is 0 Å². The first kappa shape index (κ1) is 20.4. The highest BCUT2D eigenvalue weighted by molar-refractivity contribution is 6.36. The molecule has 2 aromatic carbocycles. The van der Waals surface area contributed by atoms with E-state index in [0.717, 1.165) is 24.1 Å². The van der Waals surface area contributed by atoms with Crippen molar-refractivity contribution in [2.75, 3.05) is 6.54 Å².